The average molecular weight is 245 g/mol. The highest BCUT2D eigenvalue weighted by atomic mass is 32.2. The first-order valence-corrected chi connectivity index (χ1v) is 5.73. The van der Waals surface area contributed by atoms with E-state index in [4.69, 9.17) is 15.6 Å². The first kappa shape index (κ1) is 12.3. The lowest BCUT2D eigenvalue weighted by molar-refractivity contribution is -0.119. The summed E-state index contributed by atoms with van der Waals surface area (Å²) in [5.41, 5.74) is 5.12. The molecule has 0 bridgehead atoms. The van der Waals surface area contributed by atoms with Gasteiger partial charge in [-0.05, 0) is 12.1 Å². The zero-order chi connectivity index (χ0) is 12.2. The summed E-state index contributed by atoms with van der Waals surface area (Å²) in [5.74, 6) is -0.308. The number of nitrogens with one attached hydrogen (secondary N) is 1. The monoisotopic (exact) mass is 245 g/mol. The first-order chi connectivity index (χ1) is 7.37. The Hall–Kier alpha value is -1.80. The maximum absolute atomic E-state index is 10.7. The third-order valence-electron chi connectivity index (χ3n) is 1.48. The molecule has 1 amide bonds. The predicted octanol–water partition coefficient (Wildman–Crippen LogP) is -0.834. The smallest absolute Gasteiger partial charge is 0.296 e. The van der Waals surface area contributed by atoms with Gasteiger partial charge in [0.1, 0.15) is 5.75 Å². The van der Waals surface area contributed by atoms with Gasteiger partial charge in [0.25, 0.3) is 16.1 Å². The fourth-order valence-corrected chi connectivity index (χ4v) is 1.42. The molecule has 0 spiro atoms. The molecule has 0 aliphatic rings. The van der Waals surface area contributed by atoms with Gasteiger partial charge in [0.2, 0.25) is 0 Å². The van der Waals surface area contributed by atoms with E-state index in [-0.39, 0.29) is 12.3 Å². The van der Waals surface area contributed by atoms with E-state index in [1.165, 1.54) is 12.1 Å². The molecule has 1 aromatic carbocycles. The number of ether oxygens (including phenoxy) is 1. The van der Waals surface area contributed by atoms with Gasteiger partial charge in [0.15, 0.2) is 6.61 Å². The second-order valence-electron chi connectivity index (χ2n) is 2.93. The Labute approximate surface area is 92.6 Å². The molecule has 88 valence electrons. The summed E-state index contributed by atoms with van der Waals surface area (Å²) in [7, 11) is -3.82. The number of amides is 1. The van der Waals surface area contributed by atoms with Gasteiger partial charge < -0.3 is 10.5 Å². The molecule has 0 aliphatic heterocycles. The SMILES string of the molecule is NC(=O)COc1cccc(NS(N)(=O)=O)c1. The Morgan fingerprint density at radius 2 is 2.12 bits per heavy atom. The van der Waals surface area contributed by atoms with Crippen LogP contribution in [0.15, 0.2) is 24.3 Å². The number of rotatable bonds is 5. The van der Waals surface area contributed by atoms with E-state index < -0.39 is 16.1 Å². The maximum atomic E-state index is 10.7. The Morgan fingerprint density at radius 1 is 1.44 bits per heavy atom. The van der Waals surface area contributed by atoms with E-state index in [1.807, 2.05) is 0 Å². The number of hydrogen-bond donors (Lipinski definition) is 3. The van der Waals surface area contributed by atoms with E-state index in [9.17, 15) is 13.2 Å². The largest absolute Gasteiger partial charge is 0.484 e. The summed E-state index contributed by atoms with van der Waals surface area (Å²) < 4.78 is 28.5. The molecule has 0 fully saturated rings. The molecular formula is C8H11N3O4S. The molecule has 0 aromatic heterocycles. The van der Waals surface area contributed by atoms with Crippen LogP contribution in [-0.2, 0) is 15.0 Å². The fraction of sp³-hybridized carbons (Fsp3) is 0.125. The fourth-order valence-electron chi connectivity index (χ4n) is 0.968. The topological polar surface area (TPSA) is 125 Å². The molecule has 0 atom stereocenters. The van der Waals surface area contributed by atoms with Crippen molar-refractivity contribution in [2.75, 3.05) is 11.3 Å². The van der Waals surface area contributed by atoms with Crippen molar-refractivity contribution in [2.24, 2.45) is 10.9 Å². The molecule has 1 aromatic rings. The normalized spacial score (nSPS) is 10.8. The molecule has 8 heteroatoms. The van der Waals surface area contributed by atoms with Gasteiger partial charge in [0.05, 0.1) is 5.69 Å². The molecule has 0 aliphatic carbocycles. The van der Waals surface area contributed by atoms with Crippen LogP contribution in [0.5, 0.6) is 5.75 Å². The highest BCUT2D eigenvalue weighted by molar-refractivity contribution is 7.90. The van der Waals surface area contributed by atoms with Crippen LogP contribution in [0.1, 0.15) is 0 Å². The van der Waals surface area contributed by atoms with Crippen LogP contribution in [0, 0.1) is 0 Å². The van der Waals surface area contributed by atoms with Crippen molar-refractivity contribution in [3.05, 3.63) is 24.3 Å². The summed E-state index contributed by atoms with van der Waals surface area (Å²) in [5, 5.41) is 4.79. The minimum Gasteiger partial charge on any atom is -0.484 e. The van der Waals surface area contributed by atoms with Crippen molar-refractivity contribution in [1.29, 1.82) is 0 Å². The molecule has 0 saturated heterocycles. The zero-order valence-electron chi connectivity index (χ0n) is 8.21. The number of anilines is 1. The number of hydrogen-bond acceptors (Lipinski definition) is 4. The standard InChI is InChI=1S/C8H11N3O4S/c9-8(12)5-15-7-3-1-2-6(4-7)11-16(10,13)14/h1-4,11H,5H2,(H2,9,12)(H2,10,13,14). The van der Waals surface area contributed by atoms with Crippen LogP contribution in [-0.4, -0.2) is 20.9 Å². The number of benzene rings is 1. The van der Waals surface area contributed by atoms with E-state index in [0.29, 0.717) is 5.75 Å². The van der Waals surface area contributed by atoms with Gasteiger partial charge in [-0.3, -0.25) is 9.52 Å². The lowest BCUT2D eigenvalue weighted by Crippen LogP contribution is -2.22. The number of carbonyl (C=O) groups is 1. The van der Waals surface area contributed by atoms with Crippen molar-refractivity contribution in [3.63, 3.8) is 0 Å². The van der Waals surface area contributed by atoms with Gasteiger partial charge >= 0.3 is 0 Å². The van der Waals surface area contributed by atoms with Crippen molar-refractivity contribution in [2.45, 2.75) is 0 Å². The summed E-state index contributed by atoms with van der Waals surface area (Å²) in [6.45, 7) is -0.279. The van der Waals surface area contributed by atoms with E-state index in [0.717, 1.165) is 0 Å². The van der Waals surface area contributed by atoms with Crippen LogP contribution in [0.3, 0.4) is 0 Å². The van der Waals surface area contributed by atoms with Crippen LogP contribution < -0.4 is 20.3 Å². The average Bonchev–Trinajstić information content (AvgIpc) is 2.12. The molecule has 0 heterocycles. The van der Waals surface area contributed by atoms with Crippen molar-refractivity contribution < 1.29 is 17.9 Å². The van der Waals surface area contributed by atoms with Crippen molar-refractivity contribution >= 4 is 21.8 Å². The summed E-state index contributed by atoms with van der Waals surface area (Å²) in [6, 6.07) is 5.97. The van der Waals surface area contributed by atoms with Gasteiger partial charge in [-0.15, -0.1) is 0 Å². The second kappa shape index (κ2) is 4.81. The number of primary amides is 1. The van der Waals surface area contributed by atoms with Crippen LogP contribution in [0.25, 0.3) is 0 Å². The quantitative estimate of drug-likeness (QED) is 0.625. The van der Waals surface area contributed by atoms with Crippen molar-refractivity contribution in [3.8, 4) is 5.75 Å². The Kier molecular flexibility index (Phi) is 3.69. The molecule has 1 rings (SSSR count). The molecule has 0 radical (unpaired) electrons. The number of nitrogens with two attached hydrogens (primary N) is 2. The summed E-state index contributed by atoms with van der Waals surface area (Å²) in [4.78, 5) is 10.5. The third kappa shape index (κ3) is 4.62. The second-order valence-corrected chi connectivity index (χ2v) is 4.22. The molecule has 0 unspecified atom stereocenters. The molecule has 0 saturated carbocycles. The highest BCUT2D eigenvalue weighted by Gasteiger charge is 2.03. The molecule has 16 heavy (non-hydrogen) atoms. The van der Waals surface area contributed by atoms with Crippen molar-refractivity contribution in [1.82, 2.24) is 0 Å². The zero-order valence-corrected chi connectivity index (χ0v) is 9.03. The summed E-state index contributed by atoms with van der Waals surface area (Å²) >= 11 is 0. The van der Waals surface area contributed by atoms with E-state index >= 15 is 0 Å². The number of carbonyl (C=O) groups excluding carboxylic acids is 1. The van der Waals surface area contributed by atoms with Gasteiger partial charge in [-0.2, -0.15) is 8.42 Å². The van der Waals surface area contributed by atoms with E-state index in [2.05, 4.69) is 4.72 Å². The minimum atomic E-state index is -3.82. The third-order valence-corrected chi connectivity index (χ3v) is 2.00. The molecule has 5 N–H and O–H groups in total. The first-order valence-electron chi connectivity index (χ1n) is 4.18. The lowest BCUT2D eigenvalue weighted by Gasteiger charge is -2.06. The highest BCUT2D eigenvalue weighted by Crippen LogP contribution is 2.17. The van der Waals surface area contributed by atoms with Crippen LogP contribution >= 0.6 is 0 Å². The lowest BCUT2D eigenvalue weighted by atomic mass is 10.3. The molecule has 7 nitrogen and oxygen atoms in total. The summed E-state index contributed by atoms with van der Waals surface area (Å²) in [6.07, 6.45) is 0. The molecular weight excluding hydrogens is 234 g/mol. The predicted molar refractivity (Wildman–Crippen MR) is 57.9 cm³/mol. The van der Waals surface area contributed by atoms with Gasteiger partial charge in [-0.1, -0.05) is 6.07 Å². The Balaban J connectivity index is 2.75. The van der Waals surface area contributed by atoms with Crippen LogP contribution in [0.2, 0.25) is 0 Å². The van der Waals surface area contributed by atoms with Crippen LogP contribution in [0.4, 0.5) is 5.69 Å². The van der Waals surface area contributed by atoms with Gasteiger partial charge in [-0.25, -0.2) is 5.14 Å². The maximum Gasteiger partial charge on any atom is 0.296 e. The minimum absolute atomic E-state index is 0.240. The van der Waals surface area contributed by atoms with Gasteiger partial charge in [0, 0.05) is 6.07 Å². The van der Waals surface area contributed by atoms with E-state index in [1.54, 1.807) is 12.1 Å². The Morgan fingerprint density at radius 3 is 2.69 bits per heavy atom. The Bertz CT molecular complexity index is 486.